The van der Waals surface area contributed by atoms with Gasteiger partial charge in [0, 0.05) is 5.02 Å². The number of halogens is 2. The second-order valence-corrected chi connectivity index (χ2v) is 7.59. The Kier molecular flexibility index (Phi) is 6.05. The lowest BCUT2D eigenvalue weighted by Gasteiger charge is -2.13. The third-order valence-electron chi connectivity index (χ3n) is 4.38. The van der Waals surface area contributed by atoms with E-state index in [-0.39, 0.29) is 0 Å². The van der Waals surface area contributed by atoms with Crippen LogP contribution in [-0.4, -0.2) is 14.9 Å². The van der Waals surface area contributed by atoms with E-state index in [1.54, 1.807) is 18.2 Å². The molecular weight excluding hydrogens is 399 g/mol. The Labute approximate surface area is 174 Å². The molecule has 4 nitrogen and oxygen atoms in total. The van der Waals surface area contributed by atoms with E-state index in [2.05, 4.69) is 34.8 Å². The summed E-state index contributed by atoms with van der Waals surface area (Å²) in [7, 11) is 0. The van der Waals surface area contributed by atoms with Crippen LogP contribution in [0.3, 0.4) is 0 Å². The zero-order valence-electron chi connectivity index (χ0n) is 15.3. The fraction of sp³-hybridized carbons (Fsp3) is 0.200. The second kappa shape index (κ2) is 8.30. The first-order valence-electron chi connectivity index (χ1n) is 8.46. The number of rotatable bonds is 4. The smallest absolute Gasteiger partial charge is 0.175 e. The summed E-state index contributed by atoms with van der Waals surface area (Å²) >= 11 is 17.7. The molecule has 1 heterocycles. The van der Waals surface area contributed by atoms with Crippen LogP contribution in [0, 0.1) is 20.8 Å². The molecule has 0 saturated heterocycles. The summed E-state index contributed by atoms with van der Waals surface area (Å²) in [6.07, 6.45) is 0. The van der Waals surface area contributed by atoms with Gasteiger partial charge in [0.05, 0.1) is 34.3 Å². The van der Waals surface area contributed by atoms with E-state index in [1.807, 2.05) is 30.7 Å². The molecular formula is C20H20Cl2N4S. The van der Waals surface area contributed by atoms with Gasteiger partial charge >= 0.3 is 0 Å². The minimum Gasteiger partial charge on any atom is -0.331 e. The fourth-order valence-corrected chi connectivity index (χ4v) is 3.39. The number of benzene rings is 2. The zero-order valence-corrected chi connectivity index (χ0v) is 17.6. The number of anilines is 2. The van der Waals surface area contributed by atoms with Crippen molar-refractivity contribution in [1.29, 1.82) is 0 Å². The normalized spacial score (nSPS) is 10.7. The first-order valence-corrected chi connectivity index (χ1v) is 9.63. The molecule has 0 aliphatic rings. The number of thiocarbonyl (C=S) groups is 1. The fourth-order valence-electron chi connectivity index (χ4n) is 2.84. The van der Waals surface area contributed by atoms with Gasteiger partial charge in [-0.2, -0.15) is 5.10 Å². The molecule has 2 aromatic carbocycles. The Bertz CT molecular complexity index is 998. The predicted octanol–water partition coefficient (Wildman–Crippen LogP) is 5.97. The average Bonchev–Trinajstić information content (AvgIpc) is 2.87. The number of aromatic nitrogens is 2. The van der Waals surface area contributed by atoms with Crippen molar-refractivity contribution in [3.63, 3.8) is 0 Å². The van der Waals surface area contributed by atoms with Gasteiger partial charge in [-0.1, -0.05) is 47.5 Å². The van der Waals surface area contributed by atoms with E-state index in [0.29, 0.717) is 27.4 Å². The monoisotopic (exact) mass is 418 g/mol. The molecule has 0 amide bonds. The van der Waals surface area contributed by atoms with Crippen molar-refractivity contribution in [2.24, 2.45) is 0 Å². The molecule has 2 N–H and O–H groups in total. The minimum absolute atomic E-state index is 0.431. The Morgan fingerprint density at radius 2 is 1.81 bits per heavy atom. The summed E-state index contributed by atoms with van der Waals surface area (Å²) in [5.41, 5.74) is 5.91. The van der Waals surface area contributed by atoms with E-state index in [4.69, 9.17) is 35.4 Å². The van der Waals surface area contributed by atoms with Gasteiger partial charge < -0.3 is 10.6 Å². The predicted molar refractivity (Wildman–Crippen MR) is 118 cm³/mol. The molecule has 0 spiro atoms. The van der Waals surface area contributed by atoms with E-state index in [1.165, 1.54) is 11.1 Å². The SMILES string of the molecule is Cc1ccccc1Cn1nc(C)c(NC(=S)Nc2cc(Cl)ccc2Cl)c1C. The van der Waals surface area contributed by atoms with Crippen LogP contribution >= 0.6 is 35.4 Å². The highest BCUT2D eigenvalue weighted by atomic mass is 35.5. The van der Waals surface area contributed by atoms with Crippen LogP contribution in [0.5, 0.6) is 0 Å². The molecule has 3 rings (SSSR count). The van der Waals surface area contributed by atoms with Crippen molar-refractivity contribution >= 4 is 51.9 Å². The molecule has 0 fully saturated rings. The average molecular weight is 419 g/mol. The van der Waals surface area contributed by atoms with E-state index >= 15 is 0 Å². The van der Waals surface area contributed by atoms with Crippen LogP contribution in [0.4, 0.5) is 11.4 Å². The van der Waals surface area contributed by atoms with Crippen LogP contribution in [0.1, 0.15) is 22.5 Å². The maximum atomic E-state index is 6.19. The molecule has 0 bridgehead atoms. The summed E-state index contributed by atoms with van der Waals surface area (Å²) in [5, 5.41) is 12.5. The maximum Gasteiger partial charge on any atom is 0.175 e. The van der Waals surface area contributed by atoms with Gasteiger partial charge in [-0.3, -0.25) is 4.68 Å². The molecule has 3 aromatic rings. The zero-order chi connectivity index (χ0) is 19.6. The van der Waals surface area contributed by atoms with Crippen LogP contribution in [-0.2, 0) is 6.54 Å². The van der Waals surface area contributed by atoms with Crippen molar-refractivity contribution in [3.8, 4) is 0 Å². The minimum atomic E-state index is 0.431. The van der Waals surface area contributed by atoms with Crippen LogP contribution in [0.25, 0.3) is 0 Å². The summed E-state index contributed by atoms with van der Waals surface area (Å²) in [6.45, 7) is 6.80. The van der Waals surface area contributed by atoms with Crippen molar-refractivity contribution < 1.29 is 0 Å². The molecule has 0 atom stereocenters. The lowest BCUT2D eigenvalue weighted by molar-refractivity contribution is 0.657. The molecule has 140 valence electrons. The van der Waals surface area contributed by atoms with Crippen LogP contribution in [0.15, 0.2) is 42.5 Å². The summed E-state index contributed by atoms with van der Waals surface area (Å²) in [5.74, 6) is 0. The third kappa shape index (κ3) is 4.61. The first-order chi connectivity index (χ1) is 12.8. The van der Waals surface area contributed by atoms with Gasteiger partial charge in [-0.05, 0) is 62.3 Å². The second-order valence-electron chi connectivity index (χ2n) is 6.33. The lowest BCUT2D eigenvalue weighted by atomic mass is 10.1. The van der Waals surface area contributed by atoms with Crippen molar-refractivity contribution in [2.45, 2.75) is 27.3 Å². The highest BCUT2D eigenvalue weighted by Gasteiger charge is 2.14. The number of hydrogen-bond acceptors (Lipinski definition) is 2. The summed E-state index contributed by atoms with van der Waals surface area (Å²) in [6, 6.07) is 13.5. The van der Waals surface area contributed by atoms with Gasteiger partial charge in [0.1, 0.15) is 0 Å². The van der Waals surface area contributed by atoms with Crippen LogP contribution < -0.4 is 10.6 Å². The Morgan fingerprint density at radius 1 is 1.07 bits per heavy atom. The van der Waals surface area contributed by atoms with Gasteiger partial charge in [0.25, 0.3) is 0 Å². The molecule has 0 aliphatic carbocycles. The molecule has 27 heavy (non-hydrogen) atoms. The topological polar surface area (TPSA) is 41.9 Å². The van der Waals surface area contributed by atoms with E-state index < -0.39 is 0 Å². The molecule has 0 radical (unpaired) electrons. The summed E-state index contributed by atoms with van der Waals surface area (Å²) < 4.78 is 1.98. The van der Waals surface area contributed by atoms with Crippen molar-refractivity contribution in [1.82, 2.24) is 9.78 Å². The largest absolute Gasteiger partial charge is 0.331 e. The number of hydrogen-bond donors (Lipinski definition) is 2. The molecule has 0 saturated carbocycles. The Hall–Kier alpha value is -2.08. The Balaban J connectivity index is 1.77. The standard InChI is InChI=1S/C20H20Cl2N4S/c1-12-6-4-5-7-15(12)11-26-14(3)19(13(2)25-26)24-20(27)23-18-10-16(21)8-9-17(18)22/h4-10H,11H2,1-3H3,(H2,23,24,27). The molecule has 0 aliphatic heterocycles. The molecule has 7 heteroatoms. The highest BCUT2D eigenvalue weighted by molar-refractivity contribution is 7.80. The number of aryl methyl sites for hydroxylation is 2. The quantitative estimate of drug-likeness (QED) is 0.511. The van der Waals surface area contributed by atoms with E-state index in [0.717, 1.165) is 17.1 Å². The maximum absolute atomic E-state index is 6.19. The molecule has 0 unspecified atom stereocenters. The summed E-state index contributed by atoms with van der Waals surface area (Å²) in [4.78, 5) is 0. The third-order valence-corrected chi connectivity index (χ3v) is 5.15. The highest BCUT2D eigenvalue weighted by Crippen LogP contribution is 2.26. The van der Waals surface area contributed by atoms with Gasteiger partial charge in [-0.25, -0.2) is 0 Å². The van der Waals surface area contributed by atoms with Crippen molar-refractivity contribution in [2.75, 3.05) is 10.6 Å². The number of nitrogens with zero attached hydrogens (tertiary/aromatic N) is 2. The van der Waals surface area contributed by atoms with Crippen molar-refractivity contribution in [3.05, 3.63) is 75.0 Å². The lowest BCUT2D eigenvalue weighted by Crippen LogP contribution is -2.20. The molecule has 1 aromatic heterocycles. The number of nitrogens with one attached hydrogen (secondary N) is 2. The van der Waals surface area contributed by atoms with Crippen LogP contribution in [0.2, 0.25) is 10.0 Å². The van der Waals surface area contributed by atoms with Gasteiger partial charge in [0.15, 0.2) is 5.11 Å². The first kappa shape index (κ1) is 19.7. The van der Waals surface area contributed by atoms with Gasteiger partial charge in [-0.15, -0.1) is 0 Å². The van der Waals surface area contributed by atoms with Gasteiger partial charge in [0.2, 0.25) is 0 Å². The Morgan fingerprint density at radius 3 is 2.56 bits per heavy atom. The van der Waals surface area contributed by atoms with E-state index in [9.17, 15) is 0 Å².